The molecule has 1 fully saturated rings. The van der Waals surface area contributed by atoms with Gasteiger partial charge < -0.3 is 0 Å². The van der Waals surface area contributed by atoms with Crippen molar-refractivity contribution in [2.24, 2.45) is 0 Å². The van der Waals surface area contributed by atoms with Crippen molar-refractivity contribution in [1.82, 2.24) is 0 Å². The Bertz CT molecular complexity index is 76.6. The van der Waals surface area contributed by atoms with E-state index in [1.54, 1.807) is 0 Å². The van der Waals surface area contributed by atoms with Crippen LogP contribution in [0.3, 0.4) is 0 Å². The molecule has 0 atom stereocenters. The third kappa shape index (κ3) is 0.304. The van der Waals surface area contributed by atoms with Crippen LogP contribution in [0.5, 0.6) is 0 Å². The number of hydrogen-bond donors (Lipinski definition) is 0. The topological polar surface area (TPSA) is 0 Å². The van der Waals surface area contributed by atoms with E-state index in [4.69, 9.17) is 0 Å². The zero-order valence-corrected chi connectivity index (χ0v) is 3.57. The van der Waals surface area contributed by atoms with Crippen LogP contribution in [-0.4, -0.2) is 0 Å². The quantitative estimate of drug-likeness (QED) is 0.385. The monoisotopic (exact) mass is 78.0 g/mol. The summed E-state index contributed by atoms with van der Waals surface area (Å²) in [5.74, 6) is 0. The molecule has 0 bridgehead atoms. The molecule has 0 spiro atoms. The number of allylic oxidation sites excluding steroid dienone is 2. The van der Waals surface area contributed by atoms with Gasteiger partial charge in [0.25, 0.3) is 0 Å². The molecule has 0 aromatic carbocycles. The van der Waals surface area contributed by atoms with Crippen LogP contribution < -0.4 is 0 Å². The van der Waals surface area contributed by atoms with Gasteiger partial charge in [0.15, 0.2) is 0 Å². The second kappa shape index (κ2) is 0.839. The van der Waals surface area contributed by atoms with Crippen LogP contribution in [0, 0.1) is 12.8 Å². The van der Waals surface area contributed by atoms with E-state index in [9.17, 15) is 0 Å². The molecule has 0 heteroatoms. The highest BCUT2D eigenvalue weighted by atomic mass is 14.1. The molecule has 1 aliphatic rings. The maximum Gasteiger partial charge on any atom is -0.128 e. The second-order valence-electron chi connectivity index (χ2n) is 1.44. The summed E-state index contributed by atoms with van der Waals surface area (Å²) in [6, 6.07) is 0. The van der Waals surface area contributed by atoms with E-state index in [0.717, 1.165) is 11.1 Å². The van der Waals surface area contributed by atoms with Crippen molar-refractivity contribution in [1.29, 1.82) is 0 Å². The lowest BCUT2D eigenvalue weighted by Gasteiger charge is -2.25. The highest BCUT2D eigenvalue weighted by Crippen LogP contribution is 2.25. The summed E-state index contributed by atoms with van der Waals surface area (Å²) < 4.78 is 0. The van der Waals surface area contributed by atoms with Crippen molar-refractivity contribution in [3.05, 3.63) is 37.1 Å². The van der Waals surface area contributed by atoms with Gasteiger partial charge in [0.2, 0.25) is 0 Å². The third-order valence-electron chi connectivity index (χ3n) is 0.742. The van der Waals surface area contributed by atoms with Crippen LogP contribution in [-0.2, 0) is 0 Å². The first-order chi connectivity index (χ1) is 2.79. The van der Waals surface area contributed by atoms with Crippen molar-refractivity contribution in [3.8, 4) is 0 Å². The molecule has 6 heavy (non-hydrogen) atoms. The van der Waals surface area contributed by atoms with E-state index in [2.05, 4.69) is 13.2 Å². The average molecular weight is 78.1 g/mol. The van der Waals surface area contributed by atoms with Gasteiger partial charge in [-0.15, -0.1) is 24.0 Å². The van der Waals surface area contributed by atoms with E-state index >= 15 is 0 Å². The molecule has 0 saturated heterocycles. The Morgan fingerprint density at radius 1 is 1.33 bits per heavy atom. The van der Waals surface area contributed by atoms with Gasteiger partial charge in [-0.1, -0.05) is 0 Å². The molecule has 0 aromatic heterocycles. The van der Waals surface area contributed by atoms with Crippen molar-refractivity contribution in [3.63, 3.8) is 0 Å². The van der Waals surface area contributed by atoms with E-state index in [0.29, 0.717) is 0 Å². The van der Waals surface area contributed by atoms with Crippen molar-refractivity contribution in [2.75, 3.05) is 0 Å². The Kier molecular flexibility index (Phi) is 0.477. The van der Waals surface area contributed by atoms with Crippen molar-refractivity contribution in [2.45, 2.75) is 0 Å². The van der Waals surface area contributed by atoms with Crippen LogP contribution in [0.25, 0.3) is 0 Å². The van der Waals surface area contributed by atoms with Gasteiger partial charge in [0.05, 0.1) is 0 Å². The molecule has 1 saturated carbocycles. The van der Waals surface area contributed by atoms with Gasteiger partial charge in [0.1, 0.15) is 0 Å². The Balaban J connectivity index is 2.47. The number of rotatable bonds is 0. The summed E-state index contributed by atoms with van der Waals surface area (Å²) in [6.07, 6.45) is 3.89. The molecule has 0 unspecified atom stereocenters. The van der Waals surface area contributed by atoms with Crippen molar-refractivity contribution >= 4 is 0 Å². The molecule has 0 N–H and O–H groups in total. The van der Waals surface area contributed by atoms with E-state index in [-0.39, 0.29) is 0 Å². The summed E-state index contributed by atoms with van der Waals surface area (Å²) in [7, 11) is 0. The van der Waals surface area contributed by atoms with Gasteiger partial charge in [-0.25, -0.2) is 0 Å². The maximum atomic E-state index is 3.64. The Hall–Kier alpha value is -0.780. The molecule has 0 radical (unpaired) electrons. The SMILES string of the molecule is C=C1[CH+]C(=C)[CH-]1. The molecular formula is C6H6. The molecule has 1 aliphatic carbocycles. The number of hydrogen-bond acceptors (Lipinski definition) is 0. The van der Waals surface area contributed by atoms with Crippen LogP contribution in [0.1, 0.15) is 0 Å². The van der Waals surface area contributed by atoms with Gasteiger partial charge in [-0.05, 0) is 0 Å². The first-order valence-corrected chi connectivity index (χ1v) is 1.86. The van der Waals surface area contributed by atoms with Gasteiger partial charge in [0, 0.05) is 0 Å². The lowest BCUT2D eigenvalue weighted by Crippen LogP contribution is -2.00. The third-order valence-corrected chi connectivity index (χ3v) is 0.742. The zero-order valence-electron chi connectivity index (χ0n) is 3.57. The lowest BCUT2D eigenvalue weighted by molar-refractivity contribution is 1.27. The molecule has 0 heterocycles. The average Bonchev–Trinajstić information content (AvgIpc) is 1.33. The minimum absolute atomic E-state index is 1.08. The normalized spacial score (nSPS) is 18.0. The van der Waals surface area contributed by atoms with Crippen LogP contribution in [0.15, 0.2) is 24.3 Å². The molecule has 0 aromatic rings. The fourth-order valence-corrected chi connectivity index (χ4v) is 0.463. The Morgan fingerprint density at radius 2 is 1.67 bits per heavy atom. The highest BCUT2D eigenvalue weighted by molar-refractivity contribution is 5.52. The smallest absolute Gasteiger partial charge is 0.128 e. The maximum absolute atomic E-state index is 3.64. The highest BCUT2D eigenvalue weighted by Gasteiger charge is 1.99. The predicted molar refractivity (Wildman–Crippen MR) is 26.9 cm³/mol. The second-order valence-corrected chi connectivity index (χ2v) is 1.44. The van der Waals surface area contributed by atoms with E-state index in [1.165, 1.54) is 0 Å². The van der Waals surface area contributed by atoms with Crippen LogP contribution in [0.4, 0.5) is 0 Å². The Labute approximate surface area is 38.2 Å². The minimum Gasteiger partial charge on any atom is -0.155 e. The molecular weight excluding hydrogens is 72.1 g/mol. The lowest BCUT2D eigenvalue weighted by atomic mass is 9.89. The summed E-state index contributed by atoms with van der Waals surface area (Å²) in [4.78, 5) is 0. The molecule has 0 nitrogen and oxygen atoms in total. The fourth-order valence-electron chi connectivity index (χ4n) is 0.463. The molecule has 0 aliphatic heterocycles. The summed E-state index contributed by atoms with van der Waals surface area (Å²) >= 11 is 0. The van der Waals surface area contributed by atoms with E-state index in [1.807, 2.05) is 12.8 Å². The van der Waals surface area contributed by atoms with Gasteiger partial charge in [-0.2, -0.15) is 13.2 Å². The molecule has 30 valence electrons. The fraction of sp³-hybridized carbons (Fsp3) is 0. The Morgan fingerprint density at radius 3 is 1.67 bits per heavy atom. The van der Waals surface area contributed by atoms with Gasteiger partial charge >= 0.3 is 0 Å². The standard InChI is InChI=1S/C6H6/c1-5-3-6(2)4-5/h3-4H,1-2H2. The van der Waals surface area contributed by atoms with Gasteiger partial charge in [-0.3, -0.25) is 0 Å². The van der Waals surface area contributed by atoms with Crippen molar-refractivity contribution < 1.29 is 0 Å². The molecule has 0 amide bonds. The van der Waals surface area contributed by atoms with Crippen LogP contribution >= 0.6 is 0 Å². The minimum atomic E-state index is 1.08. The predicted octanol–water partition coefficient (Wildman–Crippen LogP) is 1.52. The summed E-state index contributed by atoms with van der Waals surface area (Å²) in [5.41, 5.74) is 2.17. The largest absolute Gasteiger partial charge is 0.155 e. The zero-order chi connectivity index (χ0) is 4.57. The first kappa shape index (κ1) is 3.41. The summed E-state index contributed by atoms with van der Waals surface area (Å²) in [5, 5.41) is 0. The van der Waals surface area contributed by atoms with E-state index < -0.39 is 0 Å². The van der Waals surface area contributed by atoms with Crippen LogP contribution in [0.2, 0.25) is 0 Å². The first-order valence-electron chi connectivity index (χ1n) is 1.86. The molecule has 1 rings (SSSR count). The summed E-state index contributed by atoms with van der Waals surface area (Å²) in [6.45, 7) is 7.28.